The molecule has 0 aliphatic rings. The first-order valence-corrected chi connectivity index (χ1v) is 8.53. The summed E-state index contributed by atoms with van der Waals surface area (Å²) in [5.41, 5.74) is 6.09. The van der Waals surface area contributed by atoms with Crippen molar-refractivity contribution >= 4 is 8.56 Å². The van der Waals surface area contributed by atoms with Crippen molar-refractivity contribution in [2.45, 2.75) is 24.4 Å². The summed E-state index contributed by atoms with van der Waals surface area (Å²) in [5.74, 6) is 0. The second kappa shape index (κ2) is 10.5. The van der Waals surface area contributed by atoms with Crippen LogP contribution in [0.25, 0.3) is 0 Å². The minimum atomic E-state index is -2.22. The number of nitrogens with two attached hydrogens (primary N) is 1. The Kier molecular flexibility index (Phi) is 10.2. The minimum absolute atomic E-state index is 0.382. The van der Waals surface area contributed by atoms with E-state index in [1.165, 1.54) is 0 Å². The Morgan fingerprint density at radius 3 is 2.33 bits per heavy atom. The predicted octanol–water partition coefficient (Wildman–Crippen LogP) is 1.79. The lowest BCUT2D eigenvalue weighted by molar-refractivity contribution is 0.226. The second-order valence-electron chi connectivity index (χ2n) is 4.27. The Morgan fingerprint density at radius 2 is 1.89 bits per heavy atom. The molecular formula is C13H28N2O2Si. The van der Waals surface area contributed by atoms with Crippen LogP contribution in [0.4, 0.5) is 0 Å². The molecule has 0 bridgehead atoms. The van der Waals surface area contributed by atoms with E-state index in [2.05, 4.69) is 18.5 Å². The summed E-state index contributed by atoms with van der Waals surface area (Å²) in [6, 6.07) is 0.798. The highest BCUT2D eigenvalue weighted by atomic mass is 28.4. The molecule has 0 spiro atoms. The van der Waals surface area contributed by atoms with Crippen LogP contribution in [0.2, 0.25) is 11.6 Å². The van der Waals surface area contributed by atoms with Gasteiger partial charge in [0, 0.05) is 32.3 Å². The summed E-state index contributed by atoms with van der Waals surface area (Å²) in [6.45, 7) is 9.90. The molecule has 106 valence electrons. The van der Waals surface area contributed by atoms with Crippen LogP contribution in [0.3, 0.4) is 0 Å². The summed E-state index contributed by atoms with van der Waals surface area (Å²) in [5, 5.41) is 3.31. The van der Waals surface area contributed by atoms with Crippen molar-refractivity contribution in [3.05, 3.63) is 25.3 Å². The van der Waals surface area contributed by atoms with Gasteiger partial charge in [0.2, 0.25) is 0 Å². The molecule has 18 heavy (non-hydrogen) atoms. The number of hydrogen-bond donors (Lipinski definition) is 2. The Balaban J connectivity index is 4.57. The summed E-state index contributed by atoms with van der Waals surface area (Å²) in [7, 11) is 1.25. The number of allylic oxidation sites excluding steroid dienone is 1. The maximum atomic E-state index is 5.74. The first-order chi connectivity index (χ1) is 8.70. The van der Waals surface area contributed by atoms with Crippen LogP contribution in [0, 0.1) is 0 Å². The summed E-state index contributed by atoms with van der Waals surface area (Å²) in [6.07, 6.45) is 5.68. The standard InChI is InChI=1S/C13H28N2O2Si/c1-5-10-15-11-8-13(7-9-14)18(16-3,17-4)12-6-2/h5-6,13,15H,1-2,7-12,14H2,3-4H3. The van der Waals surface area contributed by atoms with E-state index in [0.29, 0.717) is 12.1 Å². The smallest absolute Gasteiger partial charge is 0.344 e. The van der Waals surface area contributed by atoms with E-state index in [1.54, 1.807) is 14.2 Å². The van der Waals surface area contributed by atoms with E-state index in [0.717, 1.165) is 32.0 Å². The molecule has 0 aromatic heterocycles. The van der Waals surface area contributed by atoms with Crippen molar-refractivity contribution in [2.24, 2.45) is 5.73 Å². The second-order valence-corrected chi connectivity index (χ2v) is 7.93. The molecule has 0 aliphatic heterocycles. The molecule has 0 rings (SSSR count). The zero-order valence-corrected chi connectivity index (χ0v) is 12.8. The molecule has 1 atom stereocenters. The summed E-state index contributed by atoms with van der Waals surface area (Å²) < 4.78 is 11.5. The maximum Gasteiger partial charge on any atom is 0.344 e. The number of rotatable bonds is 12. The number of nitrogens with one attached hydrogen (secondary N) is 1. The van der Waals surface area contributed by atoms with Gasteiger partial charge in [-0.05, 0) is 25.9 Å². The van der Waals surface area contributed by atoms with Crippen LogP contribution in [-0.4, -0.2) is 42.4 Å². The van der Waals surface area contributed by atoms with E-state index < -0.39 is 8.56 Å². The fourth-order valence-corrected chi connectivity index (χ4v) is 5.31. The van der Waals surface area contributed by atoms with Crippen molar-refractivity contribution in [3.63, 3.8) is 0 Å². The van der Waals surface area contributed by atoms with Gasteiger partial charge in [-0.25, -0.2) is 0 Å². The molecule has 0 amide bonds. The van der Waals surface area contributed by atoms with Gasteiger partial charge in [-0.15, -0.1) is 13.2 Å². The van der Waals surface area contributed by atoms with E-state index >= 15 is 0 Å². The fourth-order valence-electron chi connectivity index (χ4n) is 2.22. The van der Waals surface area contributed by atoms with Crippen molar-refractivity contribution in [1.29, 1.82) is 0 Å². The van der Waals surface area contributed by atoms with Crippen LogP contribution < -0.4 is 11.1 Å². The summed E-state index contributed by atoms with van der Waals surface area (Å²) in [4.78, 5) is 0. The SMILES string of the molecule is C=CCNCCC(CCN)[Si](CC=C)(OC)OC. The molecular weight excluding hydrogens is 244 g/mol. The van der Waals surface area contributed by atoms with E-state index in [-0.39, 0.29) is 0 Å². The first kappa shape index (κ1) is 17.5. The Morgan fingerprint density at radius 1 is 1.22 bits per heavy atom. The third-order valence-electron chi connectivity index (χ3n) is 3.22. The zero-order valence-electron chi connectivity index (χ0n) is 11.8. The highest BCUT2D eigenvalue weighted by Gasteiger charge is 2.42. The molecule has 0 radical (unpaired) electrons. The lowest BCUT2D eigenvalue weighted by atomic mass is 10.2. The molecule has 0 saturated heterocycles. The van der Waals surface area contributed by atoms with Gasteiger partial charge in [-0.3, -0.25) is 0 Å². The molecule has 0 fully saturated rings. The summed E-state index contributed by atoms with van der Waals surface area (Å²) >= 11 is 0. The van der Waals surface area contributed by atoms with Crippen molar-refractivity contribution in [1.82, 2.24) is 5.32 Å². The molecule has 0 aromatic rings. The molecule has 3 N–H and O–H groups in total. The molecule has 1 unspecified atom stereocenters. The van der Waals surface area contributed by atoms with Crippen molar-refractivity contribution in [2.75, 3.05) is 33.9 Å². The third kappa shape index (κ3) is 5.45. The van der Waals surface area contributed by atoms with E-state index in [9.17, 15) is 0 Å². The van der Waals surface area contributed by atoms with Gasteiger partial charge in [0.05, 0.1) is 0 Å². The highest BCUT2D eigenvalue weighted by Crippen LogP contribution is 2.33. The Bertz CT molecular complexity index is 233. The van der Waals surface area contributed by atoms with Crippen molar-refractivity contribution in [3.8, 4) is 0 Å². The van der Waals surface area contributed by atoms with E-state index in [1.807, 2.05) is 12.2 Å². The van der Waals surface area contributed by atoms with Crippen LogP contribution >= 0.6 is 0 Å². The van der Waals surface area contributed by atoms with E-state index in [4.69, 9.17) is 14.6 Å². The van der Waals surface area contributed by atoms with Crippen LogP contribution in [-0.2, 0) is 8.85 Å². The zero-order chi connectivity index (χ0) is 13.9. The van der Waals surface area contributed by atoms with Gasteiger partial charge in [0.25, 0.3) is 0 Å². The molecule has 0 aliphatic carbocycles. The van der Waals surface area contributed by atoms with Gasteiger partial charge in [0.15, 0.2) is 0 Å². The third-order valence-corrected chi connectivity index (χ3v) is 7.28. The number of hydrogen-bond acceptors (Lipinski definition) is 4. The fraction of sp³-hybridized carbons (Fsp3) is 0.692. The highest BCUT2D eigenvalue weighted by molar-refractivity contribution is 6.69. The van der Waals surface area contributed by atoms with Gasteiger partial charge < -0.3 is 19.9 Å². The monoisotopic (exact) mass is 272 g/mol. The Hall–Kier alpha value is -0.463. The lowest BCUT2D eigenvalue weighted by Gasteiger charge is -2.34. The maximum absolute atomic E-state index is 5.74. The average molecular weight is 272 g/mol. The minimum Gasteiger partial charge on any atom is -0.397 e. The molecule has 4 nitrogen and oxygen atoms in total. The normalized spacial score (nSPS) is 13.3. The van der Waals surface area contributed by atoms with Gasteiger partial charge in [-0.1, -0.05) is 12.2 Å². The first-order valence-electron chi connectivity index (χ1n) is 6.43. The topological polar surface area (TPSA) is 56.5 Å². The largest absolute Gasteiger partial charge is 0.397 e. The lowest BCUT2D eigenvalue weighted by Crippen LogP contribution is -2.46. The quantitative estimate of drug-likeness (QED) is 0.323. The van der Waals surface area contributed by atoms with Crippen LogP contribution in [0.15, 0.2) is 25.3 Å². The average Bonchev–Trinajstić information content (AvgIpc) is 2.40. The van der Waals surface area contributed by atoms with Crippen LogP contribution in [0.1, 0.15) is 12.8 Å². The van der Waals surface area contributed by atoms with Crippen molar-refractivity contribution < 1.29 is 8.85 Å². The van der Waals surface area contributed by atoms with Crippen LogP contribution in [0.5, 0.6) is 0 Å². The molecule has 5 heteroatoms. The molecule has 0 saturated carbocycles. The van der Waals surface area contributed by atoms with Gasteiger partial charge >= 0.3 is 8.56 Å². The predicted molar refractivity (Wildman–Crippen MR) is 79.9 cm³/mol. The van der Waals surface area contributed by atoms with Gasteiger partial charge in [0.1, 0.15) is 0 Å². The molecule has 0 aromatic carbocycles. The van der Waals surface area contributed by atoms with Gasteiger partial charge in [-0.2, -0.15) is 0 Å². The Labute approximate surface area is 112 Å². The molecule has 0 heterocycles.